The normalized spacial score (nSPS) is 30.3. The maximum absolute atomic E-state index is 12.2. The van der Waals surface area contributed by atoms with Gasteiger partial charge in [-0.3, -0.25) is 9.69 Å². The molecular weight excluding hydrogens is 284 g/mol. The van der Waals surface area contributed by atoms with Crippen molar-refractivity contribution in [1.82, 2.24) is 9.80 Å². The number of aliphatic hydroxyl groups is 1. The lowest BCUT2D eigenvalue weighted by molar-refractivity contribution is -0.135. The summed E-state index contributed by atoms with van der Waals surface area (Å²) in [4.78, 5) is 15.7. The monoisotopic (exact) mass is 306 g/mol. The number of carbonyl (C=O) groups is 1. The second kappa shape index (κ2) is 6.38. The molecule has 2 fully saturated rings. The molecule has 2 rings (SSSR count). The van der Waals surface area contributed by atoms with E-state index in [0.29, 0.717) is 26.1 Å². The van der Waals surface area contributed by atoms with Gasteiger partial charge < -0.3 is 14.7 Å². The summed E-state index contributed by atoms with van der Waals surface area (Å²) < 4.78 is 28.2. The van der Waals surface area contributed by atoms with Gasteiger partial charge in [0.2, 0.25) is 5.91 Å². The Hall–Kier alpha value is -0.700. The Labute approximate surface area is 119 Å². The molecule has 116 valence electrons. The first-order chi connectivity index (χ1) is 9.41. The molecule has 0 aromatic heterocycles. The van der Waals surface area contributed by atoms with E-state index in [9.17, 15) is 13.2 Å². The fraction of sp³-hybridized carbons (Fsp3) is 0.917. The first-order valence-electron chi connectivity index (χ1n) is 6.82. The van der Waals surface area contributed by atoms with Crippen molar-refractivity contribution >= 4 is 15.7 Å². The molecule has 0 aromatic carbocycles. The van der Waals surface area contributed by atoms with E-state index in [1.807, 2.05) is 4.90 Å². The Morgan fingerprint density at radius 3 is 2.85 bits per heavy atom. The molecule has 0 spiro atoms. The molecule has 2 unspecified atom stereocenters. The fourth-order valence-corrected chi connectivity index (χ4v) is 4.40. The van der Waals surface area contributed by atoms with Crippen LogP contribution in [0.25, 0.3) is 0 Å². The highest BCUT2D eigenvalue weighted by Crippen LogP contribution is 2.17. The summed E-state index contributed by atoms with van der Waals surface area (Å²) in [6.07, 6.45) is 0.279. The van der Waals surface area contributed by atoms with Crippen LogP contribution >= 0.6 is 0 Å². The molecule has 7 nitrogen and oxygen atoms in total. The van der Waals surface area contributed by atoms with Crippen molar-refractivity contribution in [3.8, 4) is 0 Å². The summed E-state index contributed by atoms with van der Waals surface area (Å²) in [6.45, 7) is 1.87. The minimum Gasteiger partial charge on any atom is -0.394 e. The van der Waals surface area contributed by atoms with Crippen LogP contribution in [0.1, 0.15) is 6.42 Å². The van der Waals surface area contributed by atoms with Crippen molar-refractivity contribution < 1.29 is 23.1 Å². The largest absolute Gasteiger partial charge is 0.394 e. The van der Waals surface area contributed by atoms with Crippen LogP contribution in [0.3, 0.4) is 0 Å². The predicted molar refractivity (Wildman–Crippen MR) is 73.1 cm³/mol. The topological polar surface area (TPSA) is 87.2 Å². The van der Waals surface area contributed by atoms with Crippen molar-refractivity contribution in [1.29, 1.82) is 0 Å². The Bertz CT molecular complexity index is 453. The summed E-state index contributed by atoms with van der Waals surface area (Å²) in [5.74, 6) is 0.155. The van der Waals surface area contributed by atoms with Gasteiger partial charge in [0.1, 0.15) is 0 Å². The molecule has 0 bridgehead atoms. The quantitative estimate of drug-likeness (QED) is 0.668. The fourth-order valence-electron chi connectivity index (χ4n) is 2.62. The van der Waals surface area contributed by atoms with Gasteiger partial charge in [-0.05, 0) is 6.42 Å². The van der Waals surface area contributed by atoms with Crippen LogP contribution in [0, 0.1) is 0 Å². The molecule has 8 heteroatoms. The van der Waals surface area contributed by atoms with E-state index in [4.69, 9.17) is 9.84 Å². The number of carbonyl (C=O) groups excluding carboxylic acids is 1. The maximum Gasteiger partial charge on any atom is 0.236 e. The molecule has 0 radical (unpaired) electrons. The van der Waals surface area contributed by atoms with E-state index in [0.717, 1.165) is 0 Å². The van der Waals surface area contributed by atoms with Crippen molar-refractivity contribution in [3.05, 3.63) is 0 Å². The highest BCUT2D eigenvalue weighted by Gasteiger charge is 2.33. The van der Waals surface area contributed by atoms with Crippen LogP contribution in [0.5, 0.6) is 0 Å². The van der Waals surface area contributed by atoms with Gasteiger partial charge in [0.15, 0.2) is 9.84 Å². The van der Waals surface area contributed by atoms with Crippen molar-refractivity contribution in [2.24, 2.45) is 0 Å². The lowest BCUT2D eigenvalue weighted by atomic mass is 10.2. The number of hydrogen-bond donors (Lipinski definition) is 1. The average molecular weight is 306 g/mol. The zero-order valence-corrected chi connectivity index (χ0v) is 12.5. The lowest BCUT2D eigenvalue weighted by Crippen LogP contribution is -2.49. The van der Waals surface area contributed by atoms with Crippen LogP contribution in [0.15, 0.2) is 0 Å². The smallest absolute Gasteiger partial charge is 0.236 e. The van der Waals surface area contributed by atoms with E-state index in [1.54, 1.807) is 11.9 Å². The zero-order valence-electron chi connectivity index (χ0n) is 11.7. The van der Waals surface area contributed by atoms with Gasteiger partial charge in [-0.1, -0.05) is 0 Å². The second-order valence-corrected chi connectivity index (χ2v) is 7.70. The maximum atomic E-state index is 12.2. The first kappa shape index (κ1) is 15.7. The number of nitrogens with zero attached hydrogens (tertiary/aromatic N) is 2. The number of likely N-dealkylation sites (N-methyl/N-ethyl adjacent to an activating group) is 1. The number of ether oxygens (including phenoxy) is 1. The number of rotatable bonds is 4. The van der Waals surface area contributed by atoms with E-state index in [2.05, 4.69) is 0 Å². The standard InChI is InChI=1S/C12H22N2O5S/c1-13(10-2-5-20(17,18)9-10)12(16)7-14-3-4-19-11(6-14)8-15/h10-11,15H,2-9H2,1H3. The third kappa shape index (κ3) is 3.91. The molecule has 0 aromatic rings. The SMILES string of the molecule is CN(C(=O)CN1CCOC(CO)C1)C1CCS(=O)(=O)C1. The van der Waals surface area contributed by atoms with Crippen molar-refractivity contribution in [2.45, 2.75) is 18.6 Å². The number of amides is 1. The molecule has 2 aliphatic heterocycles. The van der Waals surface area contributed by atoms with Crippen LogP contribution in [-0.4, -0.2) is 92.8 Å². The number of aliphatic hydroxyl groups excluding tert-OH is 1. The molecule has 0 saturated carbocycles. The van der Waals surface area contributed by atoms with Crippen molar-refractivity contribution in [2.75, 3.05) is 51.4 Å². The zero-order chi connectivity index (χ0) is 14.8. The minimum atomic E-state index is -2.98. The van der Waals surface area contributed by atoms with Gasteiger partial charge in [0.25, 0.3) is 0 Å². The van der Waals surface area contributed by atoms with Crippen LogP contribution < -0.4 is 0 Å². The molecule has 0 aliphatic carbocycles. The van der Waals surface area contributed by atoms with Gasteiger partial charge in [0.05, 0.1) is 37.4 Å². The predicted octanol–water partition coefficient (Wildman–Crippen LogP) is -1.67. The summed E-state index contributed by atoms with van der Waals surface area (Å²) in [6, 6.07) is -0.206. The van der Waals surface area contributed by atoms with Gasteiger partial charge in [-0.25, -0.2) is 8.42 Å². The molecule has 2 heterocycles. The van der Waals surface area contributed by atoms with Crippen LogP contribution in [0.4, 0.5) is 0 Å². The molecule has 20 heavy (non-hydrogen) atoms. The Kier molecular flexibility index (Phi) is 5.00. The molecule has 1 N–H and O–H groups in total. The summed E-state index contributed by atoms with van der Waals surface area (Å²) in [7, 11) is -1.32. The Morgan fingerprint density at radius 2 is 2.25 bits per heavy atom. The van der Waals surface area contributed by atoms with Gasteiger partial charge in [-0.15, -0.1) is 0 Å². The third-order valence-electron chi connectivity index (χ3n) is 3.93. The Morgan fingerprint density at radius 1 is 1.50 bits per heavy atom. The van der Waals surface area contributed by atoms with Gasteiger partial charge in [0, 0.05) is 26.2 Å². The van der Waals surface area contributed by atoms with Gasteiger partial charge in [-0.2, -0.15) is 0 Å². The van der Waals surface area contributed by atoms with Crippen molar-refractivity contribution in [3.63, 3.8) is 0 Å². The number of morpholine rings is 1. The average Bonchev–Trinajstić information content (AvgIpc) is 2.78. The van der Waals surface area contributed by atoms with E-state index < -0.39 is 9.84 Å². The number of sulfone groups is 1. The highest BCUT2D eigenvalue weighted by molar-refractivity contribution is 7.91. The molecule has 2 atom stereocenters. The number of hydrogen-bond acceptors (Lipinski definition) is 6. The summed E-state index contributed by atoms with van der Waals surface area (Å²) >= 11 is 0. The highest BCUT2D eigenvalue weighted by atomic mass is 32.2. The lowest BCUT2D eigenvalue weighted by Gasteiger charge is -2.33. The third-order valence-corrected chi connectivity index (χ3v) is 5.69. The molecule has 2 saturated heterocycles. The van der Waals surface area contributed by atoms with E-state index >= 15 is 0 Å². The van der Waals surface area contributed by atoms with Gasteiger partial charge >= 0.3 is 0 Å². The molecule has 2 aliphatic rings. The molecule has 1 amide bonds. The van der Waals surface area contributed by atoms with E-state index in [1.165, 1.54) is 0 Å². The van der Waals surface area contributed by atoms with Crippen LogP contribution in [0.2, 0.25) is 0 Å². The minimum absolute atomic E-state index is 0.0542. The second-order valence-electron chi connectivity index (χ2n) is 5.47. The Balaban J connectivity index is 1.85. The van der Waals surface area contributed by atoms with E-state index in [-0.39, 0.29) is 42.7 Å². The first-order valence-corrected chi connectivity index (χ1v) is 8.64. The van der Waals surface area contributed by atoms with Crippen LogP contribution in [-0.2, 0) is 19.4 Å². The molecular formula is C12H22N2O5S. The summed E-state index contributed by atoms with van der Waals surface area (Å²) in [5, 5.41) is 9.07. The summed E-state index contributed by atoms with van der Waals surface area (Å²) in [5.41, 5.74) is 0.